The van der Waals surface area contributed by atoms with E-state index >= 15 is 0 Å². The molecule has 2 amide bonds. The molecule has 0 saturated carbocycles. The number of piperazine rings is 1. The van der Waals surface area contributed by atoms with Crippen LogP contribution in [0, 0.1) is 5.82 Å². The first-order valence-corrected chi connectivity index (χ1v) is 9.52. The van der Waals surface area contributed by atoms with E-state index in [1.807, 2.05) is 13.8 Å². The number of amides is 2. The average molecular weight is 435 g/mol. The van der Waals surface area contributed by atoms with Gasteiger partial charge in [-0.15, -0.1) is 0 Å². The lowest BCUT2D eigenvalue weighted by Crippen LogP contribution is -2.50. The van der Waals surface area contributed by atoms with Crippen LogP contribution in [0.1, 0.15) is 46.4 Å². The van der Waals surface area contributed by atoms with Gasteiger partial charge in [0.15, 0.2) is 0 Å². The summed E-state index contributed by atoms with van der Waals surface area (Å²) in [6, 6.07) is 5.49. The smallest absolute Gasteiger partial charge is 0.273 e. The molecule has 1 aromatic heterocycles. The zero-order valence-corrected chi connectivity index (χ0v) is 16.7. The van der Waals surface area contributed by atoms with Crippen LogP contribution >= 0.6 is 15.9 Å². The molecule has 2 aromatic rings. The van der Waals surface area contributed by atoms with Crippen molar-refractivity contribution >= 4 is 27.7 Å². The first kappa shape index (κ1) is 19.4. The topological polar surface area (TPSA) is 66.4 Å². The summed E-state index contributed by atoms with van der Waals surface area (Å²) in [5.74, 6) is 0.0205. The summed E-state index contributed by atoms with van der Waals surface area (Å²) in [6.07, 6.45) is 1.60. The van der Waals surface area contributed by atoms with E-state index in [9.17, 15) is 14.0 Å². The van der Waals surface area contributed by atoms with Crippen molar-refractivity contribution in [1.29, 1.82) is 0 Å². The summed E-state index contributed by atoms with van der Waals surface area (Å²) in [6.45, 7) is 5.61. The van der Waals surface area contributed by atoms with Crippen molar-refractivity contribution in [3.05, 3.63) is 57.8 Å². The number of hydrogen-bond acceptors (Lipinski definition) is 4. The molecule has 0 N–H and O–H groups in total. The molecule has 1 aliphatic rings. The number of benzene rings is 1. The molecule has 0 atom stereocenters. The summed E-state index contributed by atoms with van der Waals surface area (Å²) in [5.41, 5.74) is 0.781. The maximum atomic E-state index is 13.0. The van der Waals surface area contributed by atoms with Crippen molar-refractivity contribution in [1.82, 2.24) is 19.8 Å². The molecule has 0 bridgehead atoms. The Morgan fingerprint density at radius 3 is 2.15 bits per heavy atom. The third-order valence-corrected chi connectivity index (χ3v) is 5.01. The zero-order chi connectivity index (χ0) is 19.6. The average Bonchev–Trinajstić information content (AvgIpc) is 2.68. The van der Waals surface area contributed by atoms with Crippen LogP contribution in [-0.4, -0.2) is 57.8 Å². The van der Waals surface area contributed by atoms with Gasteiger partial charge in [0.25, 0.3) is 11.8 Å². The van der Waals surface area contributed by atoms with E-state index in [2.05, 4.69) is 25.9 Å². The van der Waals surface area contributed by atoms with Crippen molar-refractivity contribution in [2.75, 3.05) is 26.2 Å². The number of nitrogens with zero attached hydrogens (tertiary/aromatic N) is 4. The Balaban J connectivity index is 1.67. The first-order chi connectivity index (χ1) is 12.9. The standard InChI is InChI=1S/C19H20BrFN4O2/c1-12(2)17-22-11-15(20)16(23-17)19(27)25-9-7-24(8-10-25)18(26)13-3-5-14(21)6-4-13/h3-6,11-12H,7-10H2,1-2H3. The third kappa shape index (κ3) is 4.32. The van der Waals surface area contributed by atoms with E-state index in [4.69, 9.17) is 0 Å². The molecule has 1 fully saturated rings. The van der Waals surface area contributed by atoms with Crippen LogP contribution in [0.5, 0.6) is 0 Å². The molecule has 1 saturated heterocycles. The number of carbonyl (C=O) groups excluding carboxylic acids is 2. The highest BCUT2D eigenvalue weighted by molar-refractivity contribution is 9.10. The molecule has 8 heteroatoms. The van der Waals surface area contributed by atoms with Crippen LogP contribution in [0.2, 0.25) is 0 Å². The molecule has 3 rings (SSSR count). The van der Waals surface area contributed by atoms with Crippen LogP contribution < -0.4 is 0 Å². The monoisotopic (exact) mass is 434 g/mol. The number of halogens is 2. The van der Waals surface area contributed by atoms with Crippen molar-refractivity contribution in [2.24, 2.45) is 0 Å². The van der Waals surface area contributed by atoms with Gasteiger partial charge in [-0.1, -0.05) is 13.8 Å². The highest BCUT2D eigenvalue weighted by Gasteiger charge is 2.27. The van der Waals surface area contributed by atoms with Gasteiger partial charge in [-0.05, 0) is 40.2 Å². The second kappa shape index (κ2) is 8.12. The van der Waals surface area contributed by atoms with Gasteiger partial charge in [0.05, 0.1) is 4.47 Å². The van der Waals surface area contributed by atoms with E-state index in [0.717, 1.165) is 0 Å². The maximum Gasteiger partial charge on any atom is 0.273 e. The van der Waals surface area contributed by atoms with Crippen LogP contribution in [0.4, 0.5) is 4.39 Å². The molecule has 2 heterocycles. The Morgan fingerprint density at radius 1 is 1.04 bits per heavy atom. The summed E-state index contributed by atoms with van der Waals surface area (Å²) in [7, 11) is 0. The molecule has 1 aromatic carbocycles. The lowest BCUT2D eigenvalue weighted by molar-refractivity contribution is 0.0531. The third-order valence-electron chi connectivity index (χ3n) is 4.43. The molecule has 6 nitrogen and oxygen atoms in total. The molecular formula is C19H20BrFN4O2. The van der Waals surface area contributed by atoms with Gasteiger partial charge >= 0.3 is 0 Å². The predicted molar refractivity (Wildman–Crippen MR) is 102 cm³/mol. The summed E-state index contributed by atoms with van der Waals surface area (Å²) < 4.78 is 13.6. The molecular weight excluding hydrogens is 415 g/mol. The van der Waals surface area contributed by atoms with E-state index in [1.54, 1.807) is 16.0 Å². The van der Waals surface area contributed by atoms with Gasteiger partial charge in [-0.2, -0.15) is 0 Å². The lowest BCUT2D eigenvalue weighted by Gasteiger charge is -2.34. The molecule has 27 heavy (non-hydrogen) atoms. The van der Waals surface area contributed by atoms with Gasteiger partial charge in [-0.25, -0.2) is 14.4 Å². The van der Waals surface area contributed by atoms with Crippen molar-refractivity contribution in [2.45, 2.75) is 19.8 Å². The quantitative estimate of drug-likeness (QED) is 0.744. The van der Waals surface area contributed by atoms with Crippen molar-refractivity contribution < 1.29 is 14.0 Å². The van der Waals surface area contributed by atoms with Gasteiger partial charge in [0.1, 0.15) is 17.3 Å². The number of hydrogen-bond donors (Lipinski definition) is 0. The Labute approximate surface area is 165 Å². The second-order valence-electron chi connectivity index (χ2n) is 6.67. The molecule has 0 aliphatic carbocycles. The Kier molecular flexibility index (Phi) is 5.84. The number of aromatic nitrogens is 2. The fourth-order valence-electron chi connectivity index (χ4n) is 2.85. The van der Waals surface area contributed by atoms with E-state index in [-0.39, 0.29) is 23.5 Å². The summed E-state index contributed by atoms with van der Waals surface area (Å²) in [4.78, 5) is 37.3. The van der Waals surface area contributed by atoms with Crippen LogP contribution in [0.25, 0.3) is 0 Å². The largest absolute Gasteiger partial charge is 0.335 e. The number of carbonyl (C=O) groups is 2. The van der Waals surface area contributed by atoms with E-state index < -0.39 is 0 Å². The Morgan fingerprint density at radius 2 is 1.59 bits per heavy atom. The minimum Gasteiger partial charge on any atom is -0.335 e. The van der Waals surface area contributed by atoms with E-state index in [1.165, 1.54) is 24.3 Å². The number of rotatable bonds is 3. The highest BCUT2D eigenvalue weighted by Crippen LogP contribution is 2.20. The van der Waals surface area contributed by atoms with Crippen LogP contribution in [-0.2, 0) is 0 Å². The molecule has 142 valence electrons. The van der Waals surface area contributed by atoms with Crippen LogP contribution in [0.3, 0.4) is 0 Å². The maximum absolute atomic E-state index is 13.0. The molecule has 0 radical (unpaired) electrons. The summed E-state index contributed by atoms with van der Waals surface area (Å²) in [5, 5.41) is 0. The molecule has 1 aliphatic heterocycles. The minimum atomic E-state index is -0.377. The van der Waals surface area contributed by atoms with Crippen LogP contribution in [0.15, 0.2) is 34.9 Å². The Hall–Kier alpha value is -2.35. The minimum absolute atomic E-state index is 0.120. The predicted octanol–water partition coefficient (Wildman–Crippen LogP) is 3.10. The second-order valence-corrected chi connectivity index (χ2v) is 7.53. The zero-order valence-electron chi connectivity index (χ0n) is 15.2. The normalized spacial score (nSPS) is 14.6. The van der Waals surface area contributed by atoms with E-state index in [0.29, 0.717) is 47.7 Å². The van der Waals surface area contributed by atoms with Crippen molar-refractivity contribution in [3.8, 4) is 0 Å². The first-order valence-electron chi connectivity index (χ1n) is 8.73. The Bertz CT molecular complexity index is 849. The summed E-state index contributed by atoms with van der Waals surface area (Å²) >= 11 is 3.35. The van der Waals surface area contributed by atoms with Gasteiger partial charge in [-0.3, -0.25) is 9.59 Å². The molecule has 0 spiro atoms. The van der Waals surface area contributed by atoms with Crippen molar-refractivity contribution in [3.63, 3.8) is 0 Å². The highest BCUT2D eigenvalue weighted by atomic mass is 79.9. The fourth-order valence-corrected chi connectivity index (χ4v) is 3.21. The van der Waals surface area contributed by atoms with Gasteiger partial charge in [0.2, 0.25) is 0 Å². The van der Waals surface area contributed by atoms with Gasteiger partial charge < -0.3 is 9.80 Å². The fraction of sp³-hybridized carbons (Fsp3) is 0.368. The SMILES string of the molecule is CC(C)c1ncc(Br)c(C(=O)N2CCN(C(=O)c3ccc(F)cc3)CC2)n1. The van der Waals surface area contributed by atoms with Gasteiger partial charge in [0, 0.05) is 43.9 Å². The lowest BCUT2D eigenvalue weighted by atomic mass is 10.1. The molecule has 0 unspecified atom stereocenters.